The zero-order valence-corrected chi connectivity index (χ0v) is 20.7. The molecule has 0 unspecified atom stereocenters. The van der Waals surface area contributed by atoms with Gasteiger partial charge in [-0.15, -0.1) is 32.9 Å². The van der Waals surface area contributed by atoms with Gasteiger partial charge in [0.25, 0.3) is 0 Å². The van der Waals surface area contributed by atoms with Crippen LogP contribution in [-0.2, 0) is 17.6 Å². The van der Waals surface area contributed by atoms with Crippen LogP contribution in [0.3, 0.4) is 0 Å². The highest BCUT2D eigenvalue weighted by atomic mass is 32.1. The van der Waals surface area contributed by atoms with Crippen LogP contribution in [0.25, 0.3) is 16.2 Å². The Bertz CT molecular complexity index is 1490. The number of Topliss-reactive ketones (excluding diaryl/α,β-unsaturated/α-hetero) is 1. The standard InChI is InChI=1S/C23H22N6O4S2/c1-3-4-17-26-27-18(35-17)8-15(30)13-9-28(10-13)16-7-12(2)19-20(31)14(22(32)33)11-29(21(19)25-16)23-24-5-6-34-23/h5-7,11,13H,3-4,8-10H2,1-2H3,(H,32,33). The number of pyridine rings is 2. The predicted octanol–water partition coefficient (Wildman–Crippen LogP) is 2.90. The molecule has 0 radical (unpaired) electrons. The first-order valence-corrected chi connectivity index (χ1v) is 12.8. The first kappa shape index (κ1) is 23.2. The topological polar surface area (TPSA) is 131 Å². The van der Waals surface area contributed by atoms with Gasteiger partial charge >= 0.3 is 5.97 Å². The molecule has 4 aromatic rings. The molecule has 1 N–H and O–H groups in total. The Balaban J connectivity index is 1.41. The van der Waals surface area contributed by atoms with E-state index in [4.69, 9.17) is 4.98 Å². The van der Waals surface area contributed by atoms with Crippen molar-refractivity contribution in [2.75, 3.05) is 18.0 Å². The number of anilines is 1. The molecule has 0 saturated carbocycles. The van der Waals surface area contributed by atoms with Crippen molar-refractivity contribution in [2.24, 2.45) is 5.92 Å². The van der Waals surface area contributed by atoms with Crippen molar-refractivity contribution in [1.82, 2.24) is 24.7 Å². The van der Waals surface area contributed by atoms with Gasteiger partial charge in [-0.2, -0.15) is 0 Å². The highest BCUT2D eigenvalue weighted by molar-refractivity contribution is 7.12. The van der Waals surface area contributed by atoms with E-state index in [1.165, 1.54) is 28.9 Å². The van der Waals surface area contributed by atoms with E-state index in [-0.39, 0.29) is 29.1 Å². The lowest BCUT2D eigenvalue weighted by Gasteiger charge is -2.39. The molecule has 5 rings (SSSR count). The maximum atomic E-state index is 12.9. The van der Waals surface area contributed by atoms with E-state index in [9.17, 15) is 19.5 Å². The third-order valence-corrected chi connectivity index (χ3v) is 7.71. The summed E-state index contributed by atoms with van der Waals surface area (Å²) >= 11 is 2.81. The minimum Gasteiger partial charge on any atom is -0.477 e. The van der Waals surface area contributed by atoms with Crippen LogP contribution in [0.5, 0.6) is 0 Å². The molecule has 1 saturated heterocycles. The maximum absolute atomic E-state index is 12.9. The van der Waals surface area contributed by atoms with Gasteiger partial charge in [-0.1, -0.05) is 6.92 Å². The summed E-state index contributed by atoms with van der Waals surface area (Å²) < 4.78 is 1.55. The van der Waals surface area contributed by atoms with Crippen LogP contribution in [0.1, 0.15) is 39.3 Å². The fourth-order valence-corrected chi connectivity index (χ4v) is 5.68. The van der Waals surface area contributed by atoms with Crippen LogP contribution in [0.2, 0.25) is 0 Å². The summed E-state index contributed by atoms with van der Waals surface area (Å²) in [5, 5.41) is 22.1. The van der Waals surface area contributed by atoms with Gasteiger partial charge in [0, 0.05) is 37.3 Å². The largest absolute Gasteiger partial charge is 0.477 e. The predicted molar refractivity (Wildman–Crippen MR) is 133 cm³/mol. The van der Waals surface area contributed by atoms with Crippen LogP contribution in [0.4, 0.5) is 5.82 Å². The number of thiazole rings is 1. The number of aromatic carboxylic acids is 1. The molecule has 1 fully saturated rings. The van der Waals surface area contributed by atoms with Crippen molar-refractivity contribution >= 4 is 51.3 Å². The number of rotatable bonds is 8. The quantitative estimate of drug-likeness (QED) is 0.380. The number of nitrogens with zero attached hydrogens (tertiary/aromatic N) is 6. The van der Waals surface area contributed by atoms with Crippen molar-refractivity contribution in [2.45, 2.75) is 33.1 Å². The number of aryl methyl sites for hydroxylation is 2. The summed E-state index contributed by atoms with van der Waals surface area (Å²) in [6.07, 6.45) is 5.03. The van der Waals surface area contributed by atoms with Crippen LogP contribution >= 0.6 is 22.7 Å². The Labute approximate surface area is 207 Å². The second kappa shape index (κ2) is 9.27. The molecule has 5 heterocycles. The van der Waals surface area contributed by atoms with E-state index in [0.29, 0.717) is 35.2 Å². The fourth-order valence-electron chi connectivity index (χ4n) is 4.11. The second-order valence-corrected chi connectivity index (χ2v) is 10.5. The Morgan fingerprint density at radius 2 is 2.00 bits per heavy atom. The van der Waals surface area contributed by atoms with Gasteiger partial charge in [-0.25, -0.2) is 14.8 Å². The Morgan fingerprint density at radius 1 is 1.23 bits per heavy atom. The summed E-state index contributed by atoms with van der Waals surface area (Å²) in [5.41, 5.74) is 0.0549. The molecule has 1 aliphatic heterocycles. The average Bonchev–Trinajstić information content (AvgIpc) is 3.45. The molecule has 0 spiro atoms. The zero-order valence-electron chi connectivity index (χ0n) is 19.1. The van der Waals surface area contributed by atoms with Crippen LogP contribution in [0.15, 0.2) is 28.6 Å². The normalized spacial score (nSPS) is 13.8. The molecule has 0 bridgehead atoms. The van der Waals surface area contributed by atoms with E-state index < -0.39 is 11.4 Å². The van der Waals surface area contributed by atoms with Crippen molar-refractivity contribution < 1.29 is 14.7 Å². The van der Waals surface area contributed by atoms with Gasteiger partial charge < -0.3 is 10.0 Å². The van der Waals surface area contributed by atoms with Crippen molar-refractivity contribution in [3.63, 3.8) is 0 Å². The lowest BCUT2D eigenvalue weighted by molar-refractivity contribution is -0.122. The molecule has 4 aromatic heterocycles. The smallest absolute Gasteiger partial charge is 0.341 e. The highest BCUT2D eigenvalue weighted by Crippen LogP contribution is 2.29. The minimum absolute atomic E-state index is 0.123. The van der Waals surface area contributed by atoms with Gasteiger partial charge in [0.05, 0.1) is 17.7 Å². The van der Waals surface area contributed by atoms with E-state index in [1.54, 1.807) is 29.1 Å². The fraction of sp³-hybridized carbons (Fsp3) is 0.348. The number of carboxylic acids is 1. The molecule has 0 amide bonds. The summed E-state index contributed by atoms with van der Waals surface area (Å²) in [4.78, 5) is 48.3. The summed E-state index contributed by atoms with van der Waals surface area (Å²) in [5.74, 6) is -0.661. The SMILES string of the molecule is CCCc1nnc(CC(=O)C2CN(c3cc(C)c4c(=O)c(C(=O)O)cn(-c5nccs5)c4n3)C2)s1. The lowest BCUT2D eigenvalue weighted by atomic mass is 9.93. The zero-order chi connectivity index (χ0) is 24.7. The first-order valence-electron chi connectivity index (χ1n) is 11.1. The average molecular weight is 511 g/mol. The van der Waals surface area contributed by atoms with Gasteiger partial charge in [0.1, 0.15) is 27.2 Å². The molecule has 10 nitrogen and oxygen atoms in total. The van der Waals surface area contributed by atoms with E-state index >= 15 is 0 Å². The molecule has 0 atom stereocenters. The number of carbonyl (C=O) groups is 2. The molecule has 0 aliphatic carbocycles. The van der Waals surface area contributed by atoms with Gasteiger partial charge in [-0.05, 0) is 25.0 Å². The third kappa shape index (κ3) is 4.34. The molecular weight excluding hydrogens is 488 g/mol. The molecule has 180 valence electrons. The van der Waals surface area contributed by atoms with Gasteiger partial charge in [-0.3, -0.25) is 14.2 Å². The molecule has 12 heteroatoms. The number of ketones is 1. The highest BCUT2D eigenvalue weighted by Gasteiger charge is 2.34. The summed E-state index contributed by atoms with van der Waals surface area (Å²) in [7, 11) is 0. The number of carboxylic acid groups (broad SMARTS) is 1. The molecule has 1 aliphatic rings. The number of fused-ring (bicyclic) bond motifs is 1. The van der Waals surface area contributed by atoms with Crippen LogP contribution in [-0.4, -0.2) is 54.7 Å². The first-order chi connectivity index (χ1) is 16.9. The maximum Gasteiger partial charge on any atom is 0.341 e. The Kier molecular flexibility index (Phi) is 6.15. The van der Waals surface area contributed by atoms with E-state index in [1.807, 2.05) is 4.90 Å². The van der Waals surface area contributed by atoms with Gasteiger partial charge in [0.15, 0.2) is 10.8 Å². The van der Waals surface area contributed by atoms with Crippen molar-refractivity contribution in [3.8, 4) is 5.13 Å². The molecule has 35 heavy (non-hydrogen) atoms. The van der Waals surface area contributed by atoms with Crippen molar-refractivity contribution in [3.05, 3.63) is 55.2 Å². The van der Waals surface area contributed by atoms with E-state index in [2.05, 4.69) is 22.1 Å². The Morgan fingerprint density at radius 3 is 2.69 bits per heavy atom. The monoisotopic (exact) mass is 510 g/mol. The number of carbonyl (C=O) groups excluding carboxylic acids is 1. The number of aromatic nitrogens is 5. The minimum atomic E-state index is -1.30. The van der Waals surface area contributed by atoms with E-state index in [0.717, 1.165) is 22.9 Å². The Hall–Kier alpha value is -3.51. The molecular formula is C23H22N6O4S2. The van der Waals surface area contributed by atoms with Crippen molar-refractivity contribution in [1.29, 1.82) is 0 Å². The van der Waals surface area contributed by atoms with Gasteiger partial charge in [0.2, 0.25) is 5.43 Å². The molecule has 0 aromatic carbocycles. The summed E-state index contributed by atoms with van der Waals surface area (Å²) in [6, 6.07) is 1.77. The second-order valence-electron chi connectivity index (χ2n) is 8.44. The third-order valence-electron chi connectivity index (χ3n) is 5.96. The number of hydrogen-bond acceptors (Lipinski definition) is 10. The lowest BCUT2D eigenvalue weighted by Crippen LogP contribution is -2.51. The van der Waals surface area contributed by atoms with Crippen LogP contribution in [0, 0.1) is 12.8 Å². The number of hydrogen-bond donors (Lipinski definition) is 1. The summed E-state index contributed by atoms with van der Waals surface area (Å²) in [6.45, 7) is 4.88. The van der Waals surface area contributed by atoms with Crippen LogP contribution < -0.4 is 10.3 Å².